The van der Waals surface area contributed by atoms with Crippen molar-refractivity contribution in [2.24, 2.45) is 5.92 Å². The van der Waals surface area contributed by atoms with Crippen LogP contribution in [0.4, 0.5) is 11.4 Å². The molecule has 0 radical (unpaired) electrons. The van der Waals surface area contributed by atoms with Gasteiger partial charge in [0.05, 0.1) is 27.8 Å². The van der Waals surface area contributed by atoms with Crippen molar-refractivity contribution in [2.45, 2.75) is 56.7 Å². The summed E-state index contributed by atoms with van der Waals surface area (Å²) in [4.78, 5) is 71.4. The third-order valence-electron chi connectivity index (χ3n) is 11.5. The summed E-state index contributed by atoms with van der Waals surface area (Å²) in [6, 6.07) is 19.4. The maximum Gasteiger partial charge on any atom is 0.262 e. The molecule has 3 aromatic carbocycles. The van der Waals surface area contributed by atoms with Crippen molar-refractivity contribution >= 4 is 52.5 Å². The van der Waals surface area contributed by atoms with Gasteiger partial charge in [-0.25, -0.2) is 0 Å². The lowest BCUT2D eigenvalue weighted by Gasteiger charge is -2.45. The van der Waals surface area contributed by atoms with E-state index < -0.39 is 29.7 Å². The summed E-state index contributed by atoms with van der Waals surface area (Å²) < 4.78 is 6.09. The van der Waals surface area contributed by atoms with Crippen LogP contribution in [0.5, 0.6) is 5.75 Å². The topological polar surface area (TPSA) is 155 Å². The van der Waals surface area contributed by atoms with Crippen molar-refractivity contribution in [3.63, 3.8) is 0 Å². The molecule has 13 nitrogen and oxygen atoms in total. The molecule has 1 unspecified atom stereocenters. The van der Waals surface area contributed by atoms with Gasteiger partial charge in [-0.3, -0.25) is 39.1 Å². The van der Waals surface area contributed by atoms with Gasteiger partial charge in [0.2, 0.25) is 11.8 Å². The Morgan fingerprint density at radius 1 is 0.836 bits per heavy atom. The molecule has 4 aliphatic heterocycles. The molecule has 5 aliphatic rings. The number of anilines is 2. The first kappa shape index (κ1) is 36.5. The molecule has 0 bridgehead atoms. The molecule has 8 rings (SSSR count). The normalized spacial score (nSPS) is 23.2. The first-order valence-corrected chi connectivity index (χ1v) is 19.4. The molecule has 4 fully saturated rings. The van der Waals surface area contributed by atoms with E-state index in [2.05, 4.69) is 31.4 Å². The van der Waals surface area contributed by atoms with Gasteiger partial charge in [0.25, 0.3) is 17.7 Å². The second-order valence-electron chi connectivity index (χ2n) is 15.1. The Morgan fingerprint density at radius 3 is 2.24 bits per heavy atom. The lowest BCUT2D eigenvalue weighted by atomic mass is 9.92. The van der Waals surface area contributed by atoms with Crippen LogP contribution in [0, 0.1) is 17.2 Å². The van der Waals surface area contributed by atoms with E-state index >= 15 is 0 Å². The summed E-state index contributed by atoms with van der Waals surface area (Å²) in [5.41, 5.74) is 3.65. The monoisotopic (exact) mass is 763 g/mol. The molecule has 1 saturated carbocycles. The van der Waals surface area contributed by atoms with Gasteiger partial charge in [-0.05, 0) is 86.7 Å². The Hall–Kier alpha value is -5.45. The molecule has 3 saturated heterocycles. The number of amides is 5. The maximum absolute atomic E-state index is 13.3. The predicted octanol–water partition coefficient (Wildman–Crippen LogP) is 3.99. The van der Waals surface area contributed by atoms with Crippen molar-refractivity contribution in [3.8, 4) is 11.8 Å². The Kier molecular flexibility index (Phi) is 10.2. The Bertz CT molecular complexity index is 2060. The second kappa shape index (κ2) is 15.4. The number of carbonyl (C=O) groups is 5. The minimum atomic E-state index is -0.974. The second-order valence-corrected chi connectivity index (χ2v) is 15.5. The van der Waals surface area contributed by atoms with E-state index in [0.29, 0.717) is 38.9 Å². The lowest BCUT2D eigenvalue weighted by Crippen LogP contribution is -2.55. The number of nitrogens with zero attached hydrogens (tertiary/aromatic N) is 5. The molecule has 0 aromatic heterocycles. The Balaban J connectivity index is 0.754. The zero-order valence-corrected chi connectivity index (χ0v) is 31.1. The first-order valence-electron chi connectivity index (χ1n) is 19.0. The highest BCUT2D eigenvalue weighted by atomic mass is 35.5. The predicted molar refractivity (Wildman–Crippen MR) is 204 cm³/mol. The van der Waals surface area contributed by atoms with Gasteiger partial charge in [0, 0.05) is 87.2 Å². The van der Waals surface area contributed by atoms with E-state index in [1.54, 1.807) is 30.3 Å². The molecule has 5 amide bonds. The number of piperazine rings is 1. The van der Waals surface area contributed by atoms with E-state index in [0.717, 1.165) is 87.8 Å². The van der Waals surface area contributed by atoms with E-state index in [9.17, 15) is 24.0 Å². The van der Waals surface area contributed by atoms with Gasteiger partial charge in [0.1, 0.15) is 17.9 Å². The summed E-state index contributed by atoms with van der Waals surface area (Å²) >= 11 is 6.14. The van der Waals surface area contributed by atoms with Crippen molar-refractivity contribution in [3.05, 3.63) is 87.9 Å². The van der Waals surface area contributed by atoms with Crippen molar-refractivity contribution in [2.75, 3.05) is 55.6 Å². The fraction of sp³-hybridized carbons (Fsp3) is 0.415. The number of fused-ring (bicyclic) bond motifs is 1. The van der Waals surface area contributed by atoms with E-state index in [1.165, 1.54) is 0 Å². The number of nitrogens with one attached hydrogen (secondary N) is 2. The molecule has 2 N–H and O–H groups in total. The Morgan fingerprint density at radius 2 is 1.55 bits per heavy atom. The number of nitriles is 1. The van der Waals surface area contributed by atoms with Crippen LogP contribution in [0.1, 0.15) is 75.2 Å². The number of benzene rings is 3. The summed E-state index contributed by atoms with van der Waals surface area (Å²) in [7, 11) is 0. The number of hydrogen-bond acceptors (Lipinski definition) is 10. The fourth-order valence-corrected chi connectivity index (χ4v) is 8.59. The summed E-state index contributed by atoms with van der Waals surface area (Å²) in [5.74, 6) is -0.853. The SMILES string of the molecule is N#Cc1ccc(OC2CCC(NC(=O)c3ccc(N4CC(CN5CCN(c6ccc7c(c6)C(=O)N(C6CCC(=O)NC6=O)C7=O)CC5)C4)cc3)CC2)cc1Cl. The summed E-state index contributed by atoms with van der Waals surface area (Å²) in [6.07, 6.45) is 3.56. The average Bonchev–Trinajstić information content (AvgIpc) is 3.42. The summed E-state index contributed by atoms with van der Waals surface area (Å²) in [6.45, 7) is 6.26. The van der Waals surface area contributed by atoms with Crippen molar-refractivity contribution < 1.29 is 28.7 Å². The van der Waals surface area contributed by atoms with Crippen molar-refractivity contribution in [1.82, 2.24) is 20.4 Å². The Labute approximate surface area is 324 Å². The van der Waals surface area contributed by atoms with E-state index in [4.69, 9.17) is 21.6 Å². The standard InChI is InChI=1S/C41H42ClN7O6/c42-35-20-32(9-3-27(35)21-43)55-31-10-4-28(5-11-31)44-38(51)26-1-6-29(7-2-26)48-23-25(24-48)22-46-15-17-47(18-16-46)30-8-12-33-34(19-30)41(54)49(40(33)53)36-13-14-37(50)45-39(36)52/h1-3,6-9,12,19-20,25,28,31,36H,4-5,10-11,13-18,22-24H2,(H,44,51)(H,45,50,52). The number of rotatable bonds is 9. The molecule has 0 spiro atoms. The number of piperidine rings is 1. The van der Waals surface area contributed by atoms with E-state index in [-0.39, 0.29) is 30.9 Å². The van der Waals surface area contributed by atoms with Crippen LogP contribution in [-0.2, 0) is 9.59 Å². The third kappa shape index (κ3) is 7.61. The minimum absolute atomic E-state index is 0.0434. The number of hydrogen-bond donors (Lipinski definition) is 2. The molecule has 14 heteroatoms. The lowest BCUT2D eigenvalue weighted by molar-refractivity contribution is -0.136. The van der Waals surface area contributed by atoms with Crippen LogP contribution in [0.25, 0.3) is 0 Å². The van der Waals surface area contributed by atoms with Gasteiger partial charge in [-0.1, -0.05) is 11.6 Å². The van der Waals surface area contributed by atoms with Gasteiger partial charge in [-0.2, -0.15) is 5.26 Å². The number of imide groups is 2. The highest BCUT2D eigenvalue weighted by Crippen LogP contribution is 2.32. The van der Waals surface area contributed by atoms with Gasteiger partial charge in [0.15, 0.2) is 0 Å². The highest BCUT2D eigenvalue weighted by molar-refractivity contribution is 6.31. The average molecular weight is 764 g/mol. The third-order valence-corrected chi connectivity index (χ3v) is 11.8. The molecule has 4 heterocycles. The van der Waals surface area contributed by atoms with Crippen LogP contribution in [0.3, 0.4) is 0 Å². The minimum Gasteiger partial charge on any atom is -0.490 e. The van der Waals surface area contributed by atoms with Crippen LogP contribution in [0.15, 0.2) is 60.7 Å². The first-order chi connectivity index (χ1) is 26.6. The molecule has 3 aromatic rings. The van der Waals surface area contributed by atoms with Gasteiger partial charge in [-0.15, -0.1) is 0 Å². The van der Waals surface area contributed by atoms with Crippen LogP contribution in [-0.4, -0.2) is 103 Å². The van der Waals surface area contributed by atoms with Crippen LogP contribution >= 0.6 is 11.6 Å². The largest absolute Gasteiger partial charge is 0.490 e. The molecule has 1 atom stereocenters. The van der Waals surface area contributed by atoms with Crippen LogP contribution < -0.4 is 25.2 Å². The quantitative estimate of drug-likeness (QED) is 0.306. The highest BCUT2D eigenvalue weighted by Gasteiger charge is 2.45. The zero-order chi connectivity index (χ0) is 38.2. The molecule has 284 valence electrons. The fourth-order valence-electron chi connectivity index (χ4n) is 8.38. The van der Waals surface area contributed by atoms with Crippen molar-refractivity contribution in [1.29, 1.82) is 5.26 Å². The number of ether oxygens (including phenoxy) is 1. The zero-order valence-electron chi connectivity index (χ0n) is 30.3. The molecule has 1 aliphatic carbocycles. The van der Waals surface area contributed by atoms with E-state index in [1.807, 2.05) is 30.3 Å². The van der Waals surface area contributed by atoms with Gasteiger partial charge < -0.3 is 19.9 Å². The van der Waals surface area contributed by atoms with Crippen LogP contribution in [0.2, 0.25) is 5.02 Å². The maximum atomic E-state index is 13.3. The molecular weight excluding hydrogens is 722 g/mol. The smallest absolute Gasteiger partial charge is 0.262 e. The molecule has 55 heavy (non-hydrogen) atoms. The number of carbonyl (C=O) groups excluding carboxylic acids is 5. The number of halogens is 1. The van der Waals surface area contributed by atoms with Gasteiger partial charge >= 0.3 is 0 Å². The molecular formula is C41H42ClN7O6. The summed E-state index contributed by atoms with van der Waals surface area (Å²) in [5, 5.41) is 14.9.